The Labute approximate surface area is 120 Å². The number of aromatic nitrogens is 2. The summed E-state index contributed by atoms with van der Waals surface area (Å²) in [6.45, 7) is 2.03. The third-order valence-corrected chi connectivity index (χ3v) is 3.56. The van der Waals surface area contributed by atoms with E-state index in [4.69, 9.17) is 4.42 Å². The fourth-order valence-electron chi connectivity index (χ4n) is 2.42. The summed E-state index contributed by atoms with van der Waals surface area (Å²) >= 11 is 0. The van der Waals surface area contributed by atoms with Crippen LogP contribution in [-0.2, 0) is 0 Å². The molecule has 0 radical (unpaired) electrons. The molecular formula is C17H12N2O2. The van der Waals surface area contributed by atoms with Gasteiger partial charge in [-0.1, -0.05) is 42.0 Å². The molecule has 4 nitrogen and oxygen atoms in total. The van der Waals surface area contributed by atoms with Crippen LogP contribution in [0.3, 0.4) is 0 Å². The van der Waals surface area contributed by atoms with E-state index in [1.165, 1.54) is 5.56 Å². The van der Waals surface area contributed by atoms with Crippen molar-refractivity contribution in [1.82, 2.24) is 9.97 Å². The highest BCUT2D eigenvalue weighted by atomic mass is 16.3. The van der Waals surface area contributed by atoms with Gasteiger partial charge in [0, 0.05) is 5.56 Å². The average molecular weight is 276 g/mol. The van der Waals surface area contributed by atoms with Crippen LogP contribution < -0.4 is 5.43 Å². The maximum Gasteiger partial charge on any atom is 0.249 e. The van der Waals surface area contributed by atoms with Crippen molar-refractivity contribution in [3.8, 4) is 11.4 Å². The molecule has 0 saturated heterocycles. The van der Waals surface area contributed by atoms with Crippen LogP contribution in [0.2, 0.25) is 0 Å². The van der Waals surface area contributed by atoms with E-state index in [1.807, 2.05) is 43.3 Å². The Hall–Kier alpha value is -2.88. The Morgan fingerprint density at radius 3 is 2.62 bits per heavy atom. The number of hydrogen-bond acceptors (Lipinski definition) is 3. The number of nitrogens with one attached hydrogen (secondary N) is 1. The molecule has 0 spiro atoms. The van der Waals surface area contributed by atoms with Gasteiger partial charge < -0.3 is 9.40 Å². The number of nitrogens with zero attached hydrogens (tertiary/aromatic N) is 1. The summed E-state index contributed by atoms with van der Waals surface area (Å²) in [6, 6.07) is 15.1. The van der Waals surface area contributed by atoms with Crippen molar-refractivity contribution in [3.63, 3.8) is 0 Å². The third kappa shape index (κ3) is 1.84. The lowest BCUT2D eigenvalue weighted by Crippen LogP contribution is -2.01. The maximum absolute atomic E-state index is 12.5. The topological polar surface area (TPSA) is 58.9 Å². The molecule has 0 saturated carbocycles. The highest BCUT2D eigenvalue weighted by molar-refractivity contribution is 5.87. The maximum atomic E-state index is 12.5. The first-order chi connectivity index (χ1) is 10.2. The number of H-pyrrole nitrogens is 1. The van der Waals surface area contributed by atoms with Crippen molar-refractivity contribution in [3.05, 3.63) is 64.3 Å². The van der Waals surface area contributed by atoms with Crippen LogP contribution in [0.1, 0.15) is 5.56 Å². The van der Waals surface area contributed by atoms with Gasteiger partial charge in [-0.3, -0.25) is 4.79 Å². The van der Waals surface area contributed by atoms with Gasteiger partial charge in [0.25, 0.3) is 0 Å². The smallest absolute Gasteiger partial charge is 0.249 e. The van der Waals surface area contributed by atoms with E-state index in [2.05, 4.69) is 9.97 Å². The lowest BCUT2D eigenvalue weighted by atomic mass is 10.1. The van der Waals surface area contributed by atoms with E-state index in [-0.39, 0.29) is 5.43 Å². The second-order valence-corrected chi connectivity index (χ2v) is 5.06. The average Bonchev–Trinajstić information content (AvgIpc) is 2.92. The molecule has 0 atom stereocenters. The summed E-state index contributed by atoms with van der Waals surface area (Å²) in [6.07, 6.45) is 0. The van der Waals surface area contributed by atoms with Crippen LogP contribution in [0, 0.1) is 6.92 Å². The van der Waals surface area contributed by atoms with E-state index in [0.29, 0.717) is 28.0 Å². The van der Waals surface area contributed by atoms with Crippen LogP contribution in [0.4, 0.5) is 0 Å². The quantitative estimate of drug-likeness (QED) is 0.577. The number of para-hydroxylation sites is 1. The second-order valence-electron chi connectivity index (χ2n) is 5.06. The van der Waals surface area contributed by atoms with Gasteiger partial charge in [0.15, 0.2) is 5.52 Å². The van der Waals surface area contributed by atoms with E-state index in [1.54, 1.807) is 12.1 Å². The first-order valence-electron chi connectivity index (χ1n) is 6.71. The third-order valence-electron chi connectivity index (χ3n) is 3.56. The largest absolute Gasteiger partial charge is 0.436 e. The van der Waals surface area contributed by atoms with Gasteiger partial charge in [-0.25, -0.2) is 0 Å². The van der Waals surface area contributed by atoms with E-state index < -0.39 is 0 Å². The highest BCUT2D eigenvalue weighted by Gasteiger charge is 2.12. The van der Waals surface area contributed by atoms with Crippen molar-refractivity contribution in [2.45, 2.75) is 6.92 Å². The van der Waals surface area contributed by atoms with Crippen LogP contribution in [0.25, 0.3) is 33.6 Å². The fraction of sp³-hybridized carbons (Fsp3) is 0.0588. The van der Waals surface area contributed by atoms with Gasteiger partial charge >= 0.3 is 0 Å². The normalized spacial score (nSPS) is 11.3. The summed E-state index contributed by atoms with van der Waals surface area (Å²) in [4.78, 5) is 19.9. The van der Waals surface area contributed by atoms with E-state index >= 15 is 0 Å². The molecule has 2 heterocycles. The summed E-state index contributed by atoms with van der Waals surface area (Å²) in [7, 11) is 0. The lowest BCUT2D eigenvalue weighted by Gasteiger charge is -1.96. The van der Waals surface area contributed by atoms with Gasteiger partial charge in [0.05, 0.1) is 5.39 Å². The minimum Gasteiger partial charge on any atom is -0.436 e. The Morgan fingerprint density at radius 1 is 1.05 bits per heavy atom. The molecular weight excluding hydrogens is 264 g/mol. The van der Waals surface area contributed by atoms with E-state index in [9.17, 15) is 4.79 Å². The van der Waals surface area contributed by atoms with Crippen molar-refractivity contribution in [1.29, 1.82) is 0 Å². The molecule has 2 aromatic carbocycles. The Balaban J connectivity index is 2.01. The number of fused-ring (bicyclic) bond motifs is 2. The molecule has 2 aromatic heterocycles. The van der Waals surface area contributed by atoms with Gasteiger partial charge in [-0.2, -0.15) is 4.98 Å². The number of hydrogen-bond donors (Lipinski definition) is 1. The van der Waals surface area contributed by atoms with Crippen molar-refractivity contribution in [2.24, 2.45) is 0 Å². The number of aryl methyl sites for hydroxylation is 1. The van der Waals surface area contributed by atoms with Crippen LogP contribution in [-0.4, -0.2) is 9.97 Å². The fourth-order valence-corrected chi connectivity index (χ4v) is 2.42. The molecule has 0 amide bonds. The van der Waals surface area contributed by atoms with Crippen molar-refractivity contribution < 1.29 is 4.42 Å². The predicted molar refractivity (Wildman–Crippen MR) is 82.3 cm³/mol. The standard InChI is InChI=1S/C17H12N2O2/c1-10-6-8-11(9-7-10)16-18-14-15(20)12-4-2-3-5-13(12)21-17(14)19-16/h2-9H,1H3,(H,18,19). The Kier molecular flexibility index (Phi) is 2.44. The molecule has 0 aliphatic carbocycles. The molecule has 0 unspecified atom stereocenters. The molecule has 0 bridgehead atoms. The highest BCUT2D eigenvalue weighted by Crippen LogP contribution is 2.22. The second kappa shape index (κ2) is 4.31. The van der Waals surface area contributed by atoms with Crippen LogP contribution in [0.5, 0.6) is 0 Å². The minimum absolute atomic E-state index is 0.0855. The van der Waals surface area contributed by atoms with Crippen LogP contribution >= 0.6 is 0 Å². The zero-order valence-corrected chi connectivity index (χ0v) is 11.4. The van der Waals surface area contributed by atoms with Crippen molar-refractivity contribution in [2.75, 3.05) is 0 Å². The summed E-state index contributed by atoms with van der Waals surface area (Å²) in [5.41, 5.74) is 3.32. The number of rotatable bonds is 1. The molecule has 102 valence electrons. The first-order valence-corrected chi connectivity index (χ1v) is 6.71. The summed E-state index contributed by atoms with van der Waals surface area (Å²) in [5.74, 6) is 0.640. The number of aromatic amines is 1. The predicted octanol–water partition coefficient (Wildman–Crippen LogP) is 3.64. The van der Waals surface area contributed by atoms with Gasteiger partial charge in [0.2, 0.25) is 11.1 Å². The molecule has 4 heteroatoms. The number of imidazole rings is 1. The summed E-state index contributed by atoms with van der Waals surface area (Å²) < 4.78 is 5.71. The molecule has 0 fully saturated rings. The molecule has 0 aliphatic heterocycles. The lowest BCUT2D eigenvalue weighted by molar-refractivity contribution is 0.647. The summed E-state index contributed by atoms with van der Waals surface area (Å²) in [5, 5.41) is 0.559. The Bertz CT molecular complexity index is 1010. The van der Waals surface area contributed by atoms with E-state index in [0.717, 1.165) is 5.56 Å². The van der Waals surface area contributed by atoms with Crippen molar-refractivity contribution >= 4 is 22.2 Å². The zero-order chi connectivity index (χ0) is 14.4. The van der Waals surface area contributed by atoms with Crippen LogP contribution in [0.15, 0.2) is 57.7 Å². The minimum atomic E-state index is -0.0855. The molecule has 4 rings (SSSR count). The Morgan fingerprint density at radius 2 is 1.81 bits per heavy atom. The van der Waals surface area contributed by atoms with Gasteiger partial charge in [-0.15, -0.1) is 0 Å². The molecule has 1 N–H and O–H groups in total. The van der Waals surface area contributed by atoms with Gasteiger partial charge in [-0.05, 0) is 19.1 Å². The number of benzene rings is 2. The first kappa shape index (κ1) is 11.9. The molecule has 0 aliphatic rings. The monoisotopic (exact) mass is 276 g/mol. The SMILES string of the molecule is Cc1ccc(-c2nc3oc4ccccc4c(=O)c3[nH]2)cc1. The zero-order valence-electron chi connectivity index (χ0n) is 11.4. The molecule has 21 heavy (non-hydrogen) atoms. The molecule has 4 aromatic rings. The van der Waals surface area contributed by atoms with Gasteiger partial charge in [0.1, 0.15) is 11.4 Å².